The van der Waals surface area contributed by atoms with Crippen LogP contribution in [-0.4, -0.2) is 36.5 Å². The van der Waals surface area contributed by atoms with E-state index >= 15 is 0 Å². The van der Waals surface area contributed by atoms with E-state index in [0.29, 0.717) is 16.9 Å². The van der Waals surface area contributed by atoms with Crippen LogP contribution in [0.1, 0.15) is 40.1 Å². The first-order valence-corrected chi connectivity index (χ1v) is 11.6. The van der Waals surface area contributed by atoms with E-state index in [-0.39, 0.29) is 26.8 Å². The summed E-state index contributed by atoms with van der Waals surface area (Å²) in [6.45, 7) is 5.40. The third-order valence-electron chi connectivity index (χ3n) is 4.08. The topological polar surface area (TPSA) is 130 Å². The molecule has 31 heavy (non-hydrogen) atoms. The van der Waals surface area contributed by atoms with Gasteiger partial charge in [-0.25, -0.2) is 0 Å². The summed E-state index contributed by atoms with van der Waals surface area (Å²) < 4.78 is 27.6. The van der Waals surface area contributed by atoms with Gasteiger partial charge in [0.05, 0.1) is 11.3 Å². The number of para-hydroxylation sites is 1. The van der Waals surface area contributed by atoms with E-state index in [1.807, 2.05) is 6.07 Å². The molecule has 0 saturated carbocycles. The van der Waals surface area contributed by atoms with Crippen LogP contribution in [0.4, 0.5) is 10.8 Å². The number of hydrogen-bond acceptors (Lipinski definition) is 7. The van der Waals surface area contributed by atoms with Crippen LogP contribution in [0.2, 0.25) is 0 Å². The second-order valence-corrected chi connectivity index (χ2v) is 9.76. The van der Waals surface area contributed by atoms with Gasteiger partial charge in [0.1, 0.15) is 0 Å². The Balaban J connectivity index is 1.79. The van der Waals surface area contributed by atoms with Crippen molar-refractivity contribution in [2.24, 2.45) is 0 Å². The first kappa shape index (κ1) is 22.4. The maximum absolute atomic E-state index is 12.8. The molecule has 3 rings (SSSR count). The summed E-state index contributed by atoms with van der Waals surface area (Å²) in [4.78, 5) is 24.8. The van der Waals surface area contributed by atoms with Gasteiger partial charge in [0.15, 0.2) is 0 Å². The Bertz CT molecular complexity index is 1220. The monoisotopic (exact) mass is 459 g/mol. The molecule has 162 valence electrons. The Hall–Kier alpha value is -3.31. The lowest BCUT2D eigenvalue weighted by molar-refractivity contribution is 0.0943. The predicted octanol–water partition coefficient (Wildman–Crippen LogP) is 3.04. The van der Waals surface area contributed by atoms with E-state index in [9.17, 15) is 18.0 Å². The number of aryl methyl sites for hydroxylation is 1. The quantitative estimate of drug-likeness (QED) is 0.466. The van der Waals surface area contributed by atoms with Gasteiger partial charge in [0.25, 0.3) is 26.2 Å². The van der Waals surface area contributed by atoms with Crippen molar-refractivity contribution < 1.29 is 18.0 Å². The SMILES string of the molecule is Cc1ccccc1C(=O)Nc1nnc(S(=O)(=O)Nc2ccccc2C(=O)NC(C)C)s1. The summed E-state index contributed by atoms with van der Waals surface area (Å²) in [5.41, 5.74) is 1.51. The van der Waals surface area contributed by atoms with Crippen LogP contribution >= 0.6 is 11.3 Å². The number of anilines is 2. The maximum atomic E-state index is 12.8. The van der Waals surface area contributed by atoms with E-state index < -0.39 is 21.8 Å². The minimum atomic E-state index is -4.12. The van der Waals surface area contributed by atoms with E-state index in [0.717, 1.165) is 5.56 Å². The fourth-order valence-electron chi connectivity index (χ4n) is 2.66. The van der Waals surface area contributed by atoms with E-state index in [1.165, 1.54) is 12.1 Å². The van der Waals surface area contributed by atoms with Crippen LogP contribution in [0.25, 0.3) is 0 Å². The molecule has 11 heteroatoms. The molecule has 3 aromatic rings. The molecular weight excluding hydrogens is 438 g/mol. The molecule has 0 bridgehead atoms. The van der Waals surface area contributed by atoms with Crippen LogP contribution in [0.5, 0.6) is 0 Å². The molecule has 1 heterocycles. The number of carbonyl (C=O) groups is 2. The van der Waals surface area contributed by atoms with Gasteiger partial charge in [0, 0.05) is 11.6 Å². The van der Waals surface area contributed by atoms with Gasteiger partial charge in [0.2, 0.25) is 5.13 Å². The first-order chi connectivity index (χ1) is 14.7. The Labute approximate surface area is 184 Å². The smallest absolute Gasteiger partial charge is 0.291 e. The summed E-state index contributed by atoms with van der Waals surface area (Å²) in [5, 5.41) is 12.8. The lowest BCUT2D eigenvalue weighted by Gasteiger charge is -2.13. The average molecular weight is 460 g/mol. The van der Waals surface area contributed by atoms with Gasteiger partial charge in [-0.3, -0.25) is 19.6 Å². The largest absolute Gasteiger partial charge is 0.350 e. The molecule has 0 aliphatic carbocycles. The van der Waals surface area contributed by atoms with E-state index in [4.69, 9.17) is 0 Å². The average Bonchev–Trinajstić information content (AvgIpc) is 3.17. The number of rotatable bonds is 7. The molecule has 0 saturated heterocycles. The fourth-order valence-corrected chi connectivity index (χ4v) is 4.64. The minimum Gasteiger partial charge on any atom is -0.350 e. The van der Waals surface area contributed by atoms with E-state index in [2.05, 4.69) is 25.6 Å². The Morgan fingerprint density at radius 3 is 2.26 bits per heavy atom. The number of hydrogen-bond donors (Lipinski definition) is 3. The lowest BCUT2D eigenvalue weighted by atomic mass is 10.1. The van der Waals surface area contributed by atoms with Crippen molar-refractivity contribution >= 4 is 44.0 Å². The van der Waals surface area contributed by atoms with Crippen LogP contribution in [0.3, 0.4) is 0 Å². The summed E-state index contributed by atoms with van der Waals surface area (Å²) in [6.07, 6.45) is 0. The molecule has 0 radical (unpaired) electrons. The molecule has 0 aliphatic heterocycles. The summed E-state index contributed by atoms with van der Waals surface area (Å²) in [5.74, 6) is -0.821. The number of nitrogens with one attached hydrogen (secondary N) is 3. The summed E-state index contributed by atoms with van der Waals surface area (Å²) in [6, 6.07) is 13.1. The van der Waals surface area contributed by atoms with Gasteiger partial charge in [-0.15, -0.1) is 10.2 Å². The third-order valence-corrected chi connectivity index (χ3v) is 6.65. The minimum absolute atomic E-state index is 0.0412. The molecule has 2 amide bonds. The maximum Gasteiger partial charge on any atom is 0.291 e. The molecule has 0 unspecified atom stereocenters. The highest BCUT2D eigenvalue weighted by atomic mass is 32.2. The first-order valence-electron chi connectivity index (χ1n) is 9.30. The molecular formula is C20H21N5O4S2. The Kier molecular flexibility index (Phi) is 6.66. The highest BCUT2D eigenvalue weighted by Crippen LogP contribution is 2.25. The Morgan fingerprint density at radius 2 is 1.58 bits per heavy atom. The lowest BCUT2D eigenvalue weighted by Crippen LogP contribution is -2.31. The van der Waals surface area contributed by atoms with Gasteiger partial charge >= 0.3 is 0 Å². The van der Waals surface area contributed by atoms with E-state index in [1.54, 1.807) is 51.1 Å². The molecule has 0 atom stereocenters. The highest BCUT2D eigenvalue weighted by Gasteiger charge is 2.24. The van der Waals surface area contributed by atoms with Crippen molar-refractivity contribution in [3.63, 3.8) is 0 Å². The van der Waals surface area contributed by atoms with Gasteiger partial charge < -0.3 is 5.32 Å². The summed E-state index contributed by atoms with van der Waals surface area (Å²) >= 11 is 0.708. The van der Waals surface area contributed by atoms with Crippen molar-refractivity contribution in [3.05, 3.63) is 65.2 Å². The molecule has 2 aromatic carbocycles. The van der Waals surface area contributed by atoms with Gasteiger partial charge in [-0.2, -0.15) is 8.42 Å². The number of amides is 2. The van der Waals surface area contributed by atoms with Crippen molar-refractivity contribution in [2.75, 3.05) is 10.0 Å². The predicted molar refractivity (Wildman–Crippen MR) is 119 cm³/mol. The standard InChI is InChI=1S/C20H21N5O4S2/c1-12(2)21-18(27)15-10-6-7-11-16(15)25-31(28,29)20-24-23-19(30-20)22-17(26)14-9-5-4-8-13(14)3/h4-12,25H,1-3H3,(H,21,27)(H,22,23,26). The van der Waals surface area contributed by atoms with Crippen LogP contribution in [0.15, 0.2) is 52.9 Å². The number of benzene rings is 2. The number of nitrogens with zero attached hydrogens (tertiary/aromatic N) is 2. The van der Waals surface area contributed by atoms with Crippen LogP contribution in [-0.2, 0) is 10.0 Å². The molecule has 0 spiro atoms. The molecule has 1 aromatic heterocycles. The van der Waals surface area contributed by atoms with Crippen molar-refractivity contribution in [1.29, 1.82) is 0 Å². The van der Waals surface area contributed by atoms with Gasteiger partial charge in [-0.1, -0.05) is 41.7 Å². The zero-order chi connectivity index (χ0) is 22.6. The van der Waals surface area contributed by atoms with Crippen molar-refractivity contribution in [1.82, 2.24) is 15.5 Å². The molecule has 0 fully saturated rings. The summed E-state index contributed by atoms with van der Waals surface area (Å²) in [7, 11) is -4.12. The van der Waals surface area contributed by atoms with Crippen LogP contribution in [0, 0.1) is 6.92 Å². The normalized spacial score (nSPS) is 11.2. The number of carbonyl (C=O) groups excluding carboxylic acids is 2. The van der Waals surface area contributed by atoms with Crippen molar-refractivity contribution in [2.45, 2.75) is 31.2 Å². The molecule has 9 nitrogen and oxygen atoms in total. The molecule has 0 aliphatic rings. The second kappa shape index (κ2) is 9.23. The fraction of sp³-hybridized carbons (Fsp3) is 0.200. The second-order valence-electron chi connectivity index (χ2n) is 6.92. The van der Waals surface area contributed by atoms with Crippen LogP contribution < -0.4 is 15.4 Å². The zero-order valence-electron chi connectivity index (χ0n) is 17.0. The molecule has 3 N–H and O–H groups in total. The number of aromatic nitrogens is 2. The van der Waals surface area contributed by atoms with Crippen molar-refractivity contribution in [3.8, 4) is 0 Å². The number of sulfonamides is 1. The highest BCUT2D eigenvalue weighted by molar-refractivity contribution is 7.94. The van der Waals surface area contributed by atoms with Gasteiger partial charge in [-0.05, 0) is 44.5 Å². The Morgan fingerprint density at radius 1 is 0.935 bits per heavy atom. The third kappa shape index (κ3) is 5.44. The zero-order valence-corrected chi connectivity index (χ0v) is 18.7.